The van der Waals surface area contributed by atoms with Gasteiger partial charge in [-0.1, -0.05) is 28.9 Å². The maximum absolute atomic E-state index is 5.86. The maximum Gasteiger partial charge on any atom is 0.127 e. The zero-order valence-electron chi connectivity index (χ0n) is 11.2. The van der Waals surface area contributed by atoms with Crippen molar-refractivity contribution in [3.63, 3.8) is 0 Å². The largest absolute Gasteiger partial charge is 0.493 e. The normalized spacial score (nSPS) is 12.2. The molecule has 4 heteroatoms. The molecule has 1 aromatic carbocycles. The van der Waals surface area contributed by atoms with Crippen LogP contribution in [0.1, 0.15) is 25.8 Å². The minimum Gasteiger partial charge on any atom is -0.493 e. The first-order valence-electron chi connectivity index (χ1n) is 6.18. The third-order valence-corrected chi connectivity index (χ3v) is 2.99. The summed E-state index contributed by atoms with van der Waals surface area (Å²) in [7, 11) is 1.67. The highest BCUT2D eigenvalue weighted by molar-refractivity contribution is 9.08. The minimum atomic E-state index is 0.0224. The molecular formula is C14H21BrO3. The van der Waals surface area contributed by atoms with E-state index in [1.165, 1.54) is 0 Å². The first-order chi connectivity index (χ1) is 8.71. The van der Waals surface area contributed by atoms with Crippen LogP contribution in [0, 0.1) is 0 Å². The van der Waals surface area contributed by atoms with Crippen LogP contribution in [0.15, 0.2) is 18.2 Å². The molecule has 102 valence electrons. The van der Waals surface area contributed by atoms with Crippen LogP contribution in [-0.4, -0.2) is 26.4 Å². The summed E-state index contributed by atoms with van der Waals surface area (Å²) in [4.78, 5) is 0. The zero-order valence-corrected chi connectivity index (χ0v) is 12.8. The van der Waals surface area contributed by atoms with Crippen LogP contribution in [0.5, 0.6) is 11.5 Å². The number of benzene rings is 1. The molecule has 0 spiro atoms. The molecule has 0 saturated carbocycles. The molecule has 0 N–H and O–H groups in total. The van der Waals surface area contributed by atoms with Gasteiger partial charge in [0.15, 0.2) is 0 Å². The van der Waals surface area contributed by atoms with Crippen molar-refractivity contribution in [2.45, 2.75) is 31.7 Å². The van der Waals surface area contributed by atoms with Crippen molar-refractivity contribution in [1.29, 1.82) is 0 Å². The van der Waals surface area contributed by atoms with E-state index in [1.54, 1.807) is 7.11 Å². The molecule has 1 aromatic rings. The van der Waals surface area contributed by atoms with Crippen molar-refractivity contribution in [1.82, 2.24) is 0 Å². The summed E-state index contributed by atoms with van der Waals surface area (Å²) >= 11 is 3.46. The molecule has 0 bridgehead atoms. The van der Waals surface area contributed by atoms with Gasteiger partial charge in [-0.2, -0.15) is 0 Å². The van der Waals surface area contributed by atoms with Crippen molar-refractivity contribution in [3.05, 3.63) is 23.8 Å². The number of halogens is 1. The Labute approximate surface area is 118 Å². The molecule has 1 unspecified atom stereocenters. The number of rotatable bonds is 8. The molecule has 0 aliphatic rings. The lowest BCUT2D eigenvalue weighted by molar-refractivity contribution is 0.0913. The monoisotopic (exact) mass is 316 g/mol. The number of ether oxygens (including phenoxy) is 3. The topological polar surface area (TPSA) is 27.7 Å². The Morgan fingerprint density at radius 3 is 2.72 bits per heavy atom. The van der Waals surface area contributed by atoms with E-state index < -0.39 is 0 Å². The Kier molecular flexibility index (Phi) is 7.13. The third-order valence-electron chi connectivity index (χ3n) is 2.38. The van der Waals surface area contributed by atoms with E-state index in [-0.39, 0.29) is 6.10 Å². The smallest absolute Gasteiger partial charge is 0.127 e. The second-order valence-corrected chi connectivity index (χ2v) is 4.70. The molecule has 0 fully saturated rings. The van der Waals surface area contributed by atoms with E-state index in [4.69, 9.17) is 14.2 Å². The molecular weight excluding hydrogens is 296 g/mol. The predicted octanol–water partition coefficient (Wildman–Crippen LogP) is 3.78. The molecule has 0 saturated heterocycles. The second kappa shape index (κ2) is 8.38. The second-order valence-electron chi connectivity index (χ2n) is 4.14. The molecule has 0 aromatic heterocycles. The van der Waals surface area contributed by atoms with Gasteiger partial charge in [0, 0.05) is 24.1 Å². The van der Waals surface area contributed by atoms with Crippen LogP contribution in [0.3, 0.4) is 0 Å². The fourth-order valence-corrected chi connectivity index (χ4v) is 2.01. The van der Waals surface area contributed by atoms with Gasteiger partial charge in [0.05, 0.1) is 13.2 Å². The maximum atomic E-state index is 5.86. The summed E-state index contributed by atoms with van der Waals surface area (Å²) in [6.07, 6.45) is 1.02. The highest BCUT2D eigenvalue weighted by Gasteiger charge is 2.09. The SMILES string of the molecule is CCCOc1ccc(CBr)c(OC(C)COC)c1. The van der Waals surface area contributed by atoms with Crippen LogP contribution >= 0.6 is 15.9 Å². The van der Waals surface area contributed by atoms with E-state index in [9.17, 15) is 0 Å². The van der Waals surface area contributed by atoms with Gasteiger partial charge in [0.2, 0.25) is 0 Å². The predicted molar refractivity (Wildman–Crippen MR) is 76.8 cm³/mol. The highest BCUT2D eigenvalue weighted by atomic mass is 79.9. The van der Waals surface area contributed by atoms with Crippen LogP contribution in [0.4, 0.5) is 0 Å². The van der Waals surface area contributed by atoms with Gasteiger partial charge in [-0.05, 0) is 19.4 Å². The van der Waals surface area contributed by atoms with Crippen LogP contribution in [-0.2, 0) is 10.1 Å². The quantitative estimate of drug-likeness (QED) is 0.683. The Morgan fingerprint density at radius 2 is 2.11 bits per heavy atom. The molecule has 18 heavy (non-hydrogen) atoms. The fourth-order valence-electron chi connectivity index (χ4n) is 1.55. The summed E-state index contributed by atoms with van der Waals surface area (Å²) in [5.74, 6) is 1.70. The summed E-state index contributed by atoms with van der Waals surface area (Å²) < 4.78 is 16.5. The number of alkyl halides is 1. The lowest BCUT2D eigenvalue weighted by Crippen LogP contribution is -2.18. The minimum absolute atomic E-state index is 0.0224. The standard InChI is InChI=1S/C14H21BrO3/c1-4-7-17-13-6-5-12(9-15)14(8-13)18-11(2)10-16-3/h5-6,8,11H,4,7,9-10H2,1-3H3. The molecule has 0 amide bonds. The van der Waals surface area contributed by atoms with Gasteiger partial charge in [-0.25, -0.2) is 0 Å². The third kappa shape index (κ3) is 4.86. The molecule has 1 atom stereocenters. The van der Waals surface area contributed by atoms with E-state index >= 15 is 0 Å². The average Bonchev–Trinajstić information content (AvgIpc) is 2.37. The van der Waals surface area contributed by atoms with Gasteiger partial charge in [0.25, 0.3) is 0 Å². The van der Waals surface area contributed by atoms with Gasteiger partial charge in [0.1, 0.15) is 17.6 Å². The summed E-state index contributed by atoms with van der Waals surface area (Å²) in [5.41, 5.74) is 1.11. The highest BCUT2D eigenvalue weighted by Crippen LogP contribution is 2.27. The number of hydrogen-bond donors (Lipinski definition) is 0. The van der Waals surface area contributed by atoms with Gasteiger partial charge >= 0.3 is 0 Å². The Hall–Kier alpha value is -0.740. The van der Waals surface area contributed by atoms with Crippen molar-refractivity contribution in [2.75, 3.05) is 20.3 Å². The summed E-state index contributed by atoms with van der Waals surface area (Å²) in [5, 5.41) is 0.760. The Balaban J connectivity index is 2.77. The molecule has 3 nitrogen and oxygen atoms in total. The van der Waals surface area contributed by atoms with E-state index in [0.29, 0.717) is 6.61 Å². The summed E-state index contributed by atoms with van der Waals surface area (Å²) in [6, 6.07) is 5.94. The molecule has 0 heterocycles. The van der Waals surface area contributed by atoms with Crippen LogP contribution < -0.4 is 9.47 Å². The Morgan fingerprint density at radius 1 is 1.33 bits per heavy atom. The summed E-state index contributed by atoms with van der Waals surface area (Å²) in [6.45, 7) is 5.37. The van der Waals surface area contributed by atoms with Crippen molar-refractivity contribution < 1.29 is 14.2 Å². The zero-order chi connectivity index (χ0) is 13.4. The van der Waals surface area contributed by atoms with Crippen molar-refractivity contribution in [3.8, 4) is 11.5 Å². The first kappa shape index (κ1) is 15.3. The van der Waals surface area contributed by atoms with E-state index in [2.05, 4.69) is 22.9 Å². The lowest BCUT2D eigenvalue weighted by atomic mass is 10.2. The lowest BCUT2D eigenvalue weighted by Gasteiger charge is -2.17. The van der Waals surface area contributed by atoms with Gasteiger partial charge in [-0.3, -0.25) is 0 Å². The Bertz CT molecular complexity index is 355. The first-order valence-corrected chi connectivity index (χ1v) is 7.30. The number of hydrogen-bond acceptors (Lipinski definition) is 3. The van der Waals surface area contributed by atoms with E-state index in [0.717, 1.165) is 35.4 Å². The van der Waals surface area contributed by atoms with E-state index in [1.807, 2.05) is 25.1 Å². The molecule has 0 aliphatic carbocycles. The van der Waals surface area contributed by atoms with Crippen LogP contribution in [0.2, 0.25) is 0 Å². The number of methoxy groups -OCH3 is 1. The molecule has 0 aliphatic heterocycles. The van der Waals surface area contributed by atoms with Gasteiger partial charge < -0.3 is 14.2 Å². The molecule has 0 radical (unpaired) electrons. The average molecular weight is 317 g/mol. The van der Waals surface area contributed by atoms with Crippen molar-refractivity contribution in [2.24, 2.45) is 0 Å². The van der Waals surface area contributed by atoms with Gasteiger partial charge in [-0.15, -0.1) is 0 Å². The molecule has 1 rings (SSSR count). The van der Waals surface area contributed by atoms with Crippen molar-refractivity contribution >= 4 is 15.9 Å². The van der Waals surface area contributed by atoms with Crippen LogP contribution in [0.25, 0.3) is 0 Å². The fraction of sp³-hybridized carbons (Fsp3) is 0.571.